The van der Waals surface area contributed by atoms with Crippen LogP contribution in [0.5, 0.6) is 5.75 Å². The molecule has 50 heavy (non-hydrogen) atoms. The highest BCUT2D eigenvalue weighted by atomic mass is 19.1. The highest BCUT2D eigenvalue weighted by Crippen LogP contribution is 2.61. The number of piperazine rings is 2. The number of hydrogen-bond acceptors (Lipinski definition) is 7. The molecule has 0 radical (unpaired) electrons. The molecule has 5 fully saturated rings. The van der Waals surface area contributed by atoms with Gasteiger partial charge in [-0.3, -0.25) is 14.3 Å². The van der Waals surface area contributed by atoms with Crippen LogP contribution in [0.1, 0.15) is 51.9 Å². The largest absolute Gasteiger partial charge is 0.497 e. The second kappa shape index (κ2) is 14.2. The number of hydrogen-bond donors (Lipinski definition) is 2. The number of fused-ring (bicyclic) bond motifs is 3. The molecular formula is C39H55FN8O2. The van der Waals surface area contributed by atoms with Gasteiger partial charge in [-0.1, -0.05) is 26.8 Å². The second-order valence-corrected chi connectivity index (χ2v) is 15.9. The molecular weight excluding hydrogens is 631 g/mol. The van der Waals surface area contributed by atoms with Gasteiger partial charge in [-0.15, -0.1) is 0 Å². The number of likely N-dealkylation sites (N-methyl/N-ethyl adjacent to an activating group) is 1. The van der Waals surface area contributed by atoms with Crippen molar-refractivity contribution in [3.05, 3.63) is 64.0 Å². The maximum Gasteiger partial charge on any atom is 0.261 e. The molecule has 270 valence electrons. The minimum absolute atomic E-state index is 0.0951. The van der Waals surface area contributed by atoms with Gasteiger partial charge in [0.05, 0.1) is 30.6 Å². The van der Waals surface area contributed by atoms with Gasteiger partial charge in [0.1, 0.15) is 17.4 Å². The first-order chi connectivity index (χ1) is 24.0. The van der Waals surface area contributed by atoms with E-state index in [0.717, 1.165) is 69.8 Å². The lowest BCUT2D eigenvalue weighted by atomic mass is 9.45. The van der Waals surface area contributed by atoms with Gasteiger partial charge in [0.2, 0.25) is 0 Å². The van der Waals surface area contributed by atoms with Gasteiger partial charge in [-0.05, 0) is 86.2 Å². The molecule has 11 heteroatoms. The Morgan fingerprint density at radius 1 is 1.10 bits per heavy atom. The van der Waals surface area contributed by atoms with E-state index >= 15 is 0 Å². The number of nitrogens with zero attached hydrogens (tertiary/aromatic N) is 6. The first-order valence-electron chi connectivity index (χ1n) is 18.6. The molecule has 3 saturated carbocycles. The van der Waals surface area contributed by atoms with Crippen molar-refractivity contribution >= 4 is 22.5 Å². The van der Waals surface area contributed by atoms with Crippen LogP contribution in [0, 0.1) is 29.0 Å². The number of methoxy groups -OCH3 is 1. The molecule has 1 unspecified atom stereocenters. The van der Waals surface area contributed by atoms with Crippen molar-refractivity contribution in [3.63, 3.8) is 0 Å². The highest BCUT2D eigenvalue weighted by Gasteiger charge is 2.56. The number of aliphatic imine (C=N–C) groups is 1. The molecule has 0 amide bonds. The Balaban J connectivity index is 1.20. The molecule has 3 heterocycles. The Morgan fingerprint density at radius 2 is 1.90 bits per heavy atom. The van der Waals surface area contributed by atoms with Crippen LogP contribution < -0.4 is 20.9 Å². The van der Waals surface area contributed by atoms with Crippen molar-refractivity contribution in [2.45, 2.75) is 72.1 Å². The van der Waals surface area contributed by atoms with E-state index in [9.17, 15) is 9.18 Å². The van der Waals surface area contributed by atoms with Crippen LogP contribution in [0.2, 0.25) is 0 Å². The summed E-state index contributed by atoms with van der Waals surface area (Å²) in [4.78, 5) is 31.9. The van der Waals surface area contributed by atoms with Crippen LogP contribution in [-0.4, -0.2) is 102 Å². The first kappa shape index (κ1) is 34.9. The number of anilines is 1. The third kappa shape index (κ3) is 7.01. The van der Waals surface area contributed by atoms with Crippen LogP contribution in [0.4, 0.5) is 10.1 Å². The van der Waals surface area contributed by atoms with Crippen molar-refractivity contribution in [3.8, 4) is 5.75 Å². The zero-order valence-electron chi connectivity index (χ0n) is 30.7. The lowest BCUT2D eigenvalue weighted by molar-refractivity contribution is -0.108. The Kier molecular flexibility index (Phi) is 9.93. The van der Waals surface area contributed by atoms with E-state index in [1.807, 2.05) is 18.2 Å². The van der Waals surface area contributed by atoms with Gasteiger partial charge in [-0.25, -0.2) is 14.4 Å². The number of nitrogens with one attached hydrogen (secondary N) is 2. The summed E-state index contributed by atoms with van der Waals surface area (Å²) in [5.74, 6) is 3.75. The molecule has 2 N–H and O–H groups in total. The van der Waals surface area contributed by atoms with Crippen molar-refractivity contribution in [1.82, 2.24) is 29.6 Å². The minimum atomic E-state index is -0.331. The molecule has 5 aliphatic rings. The number of rotatable bonds is 8. The van der Waals surface area contributed by atoms with Crippen LogP contribution in [0.15, 0.2) is 46.2 Å². The van der Waals surface area contributed by atoms with E-state index in [4.69, 9.17) is 14.7 Å². The van der Waals surface area contributed by atoms with E-state index in [1.165, 1.54) is 19.6 Å². The molecule has 5 atom stereocenters. The molecule has 8 rings (SSSR count). The molecule has 1 aromatic heterocycles. The molecule has 3 aliphatic carbocycles. The van der Waals surface area contributed by atoms with Gasteiger partial charge in [-0.2, -0.15) is 0 Å². The van der Waals surface area contributed by atoms with Crippen LogP contribution in [0.25, 0.3) is 10.9 Å². The monoisotopic (exact) mass is 686 g/mol. The van der Waals surface area contributed by atoms with E-state index in [1.54, 1.807) is 16.7 Å². The standard InChI is InChI=1S/C39H55FN8O2/c1-25-23-47(14-12-41-25)38(44-34-20-28-19-32(26(34)2)39(28,3)4)42-29-8-10-31-35(21-29)43-36(24-46-17-15-45(5)16-18-46)48(37(31)49)13-11-27-7-9-30(50-6)22-33(27)40/h7-10,21-22,25-26,28,32,34,41H,11-20,23-24H2,1-6H3,(H,42,44)/t25-,26+,28-,32?,34+/m1/s1. The van der Waals surface area contributed by atoms with Gasteiger partial charge in [0.25, 0.3) is 5.56 Å². The Bertz CT molecular complexity index is 1780. The van der Waals surface area contributed by atoms with Crippen LogP contribution in [-0.2, 0) is 19.5 Å². The molecule has 2 saturated heterocycles. The van der Waals surface area contributed by atoms with Crippen molar-refractivity contribution in [2.24, 2.45) is 28.2 Å². The van der Waals surface area contributed by atoms with Gasteiger partial charge < -0.3 is 25.2 Å². The zero-order chi connectivity index (χ0) is 35.2. The number of aromatic nitrogens is 2. The maximum absolute atomic E-state index is 14.9. The molecule has 3 aromatic rings. The maximum atomic E-state index is 14.9. The van der Waals surface area contributed by atoms with Gasteiger partial charge >= 0.3 is 0 Å². The Labute approximate surface area is 296 Å². The van der Waals surface area contributed by atoms with E-state index in [-0.39, 0.29) is 17.4 Å². The Hall–Kier alpha value is -3.54. The molecule has 10 nitrogen and oxygen atoms in total. The summed E-state index contributed by atoms with van der Waals surface area (Å²) in [7, 11) is 3.66. The molecule has 2 aliphatic heterocycles. The predicted octanol–water partition coefficient (Wildman–Crippen LogP) is 4.67. The van der Waals surface area contributed by atoms with Crippen molar-refractivity contribution in [1.29, 1.82) is 0 Å². The van der Waals surface area contributed by atoms with E-state index in [0.29, 0.717) is 70.8 Å². The molecule has 0 spiro atoms. The normalized spacial score (nSPS) is 27.3. The average Bonchev–Trinajstić information content (AvgIpc) is 3.09. The third-order valence-corrected chi connectivity index (χ3v) is 12.4. The summed E-state index contributed by atoms with van der Waals surface area (Å²) in [6, 6.07) is 11.4. The van der Waals surface area contributed by atoms with Crippen molar-refractivity contribution < 1.29 is 9.13 Å². The number of halogens is 1. The third-order valence-electron chi connectivity index (χ3n) is 12.4. The Morgan fingerprint density at radius 3 is 2.60 bits per heavy atom. The molecule has 2 bridgehead atoms. The summed E-state index contributed by atoms with van der Waals surface area (Å²) in [6.45, 7) is 16.8. The lowest BCUT2D eigenvalue weighted by Crippen LogP contribution is -2.57. The van der Waals surface area contributed by atoms with E-state index < -0.39 is 0 Å². The smallest absolute Gasteiger partial charge is 0.261 e. The average molecular weight is 687 g/mol. The minimum Gasteiger partial charge on any atom is -0.497 e. The summed E-state index contributed by atoms with van der Waals surface area (Å²) >= 11 is 0. The van der Waals surface area contributed by atoms with Crippen LogP contribution in [0.3, 0.4) is 0 Å². The van der Waals surface area contributed by atoms with Gasteiger partial charge in [0.15, 0.2) is 5.96 Å². The number of aryl methyl sites for hydroxylation is 1. The predicted molar refractivity (Wildman–Crippen MR) is 198 cm³/mol. The fraction of sp³-hybridized carbons (Fsp3) is 0.615. The van der Waals surface area contributed by atoms with Crippen LogP contribution >= 0.6 is 0 Å². The zero-order valence-corrected chi connectivity index (χ0v) is 30.7. The number of benzene rings is 2. The van der Waals surface area contributed by atoms with Crippen molar-refractivity contribution in [2.75, 3.05) is 65.3 Å². The SMILES string of the molecule is COc1ccc(CCn2c(CN3CCN(C)CC3)nc3cc(NC(=N[C@H]4C[C@H]5CC([C@@H]4C)C5(C)C)N4CCN[C@H](C)C4)ccc3c2=O)c(F)c1. The van der Waals surface area contributed by atoms with Gasteiger partial charge in [0, 0.05) is 70.2 Å². The first-order valence-corrected chi connectivity index (χ1v) is 18.6. The fourth-order valence-electron chi connectivity index (χ4n) is 8.89. The summed E-state index contributed by atoms with van der Waals surface area (Å²) in [5, 5.41) is 7.84. The van der Waals surface area contributed by atoms with E-state index in [2.05, 4.69) is 60.1 Å². The fourth-order valence-corrected chi connectivity index (χ4v) is 8.89. The second-order valence-electron chi connectivity index (χ2n) is 15.9. The number of ether oxygens (including phenoxy) is 1. The summed E-state index contributed by atoms with van der Waals surface area (Å²) in [6.07, 6.45) is 2.83. The summed E-state index contributed by atoms with van der Waals surface area (Å²) < 4.78 is 21.9. The quantitative estimate of drug-likeness (QED) is 0.261. The summed E-state index contributed by atoms with van der Waals surface area (Å²) in [5.41, 5.74) is 2.40. The molecule has 2 aromatic carbocycles. The lowest BCUT2D eigenvalue weighted by Gasteiger charge is -2.61. The number of guanidine groups is 1. The highest BCUT2D eigenvalue weighted by molar-refractivity contribution is 5.96. The topological polar surface area (TPSA) is 90.3 Å².